The molecule has 6 amide bonds. The molecular weight excluding hydrogens is 977 g/mol. The van der Waals surface area contributed by atoms with Crippen molar-refractivity contribution in [2.75, 3.05) is 41.5 Å². The van der Waals surface area contributed by atoms with Gasteiger partial charge < -0.3 is 44.1 Å². The van der Waals surface area contributed by atoms with Gasteiger partial charge in [-0.1, -0.05) is 67.0 Å². The second kappa shape index (κ2) is 27.2. The minimum atomic E-state index is -3.98. The van der Waals surface area contributed by atoms with Gasteiger partial charge in [0, 0.05) is 41.3 Å². The lowest BCUT2D eigenvalue weighted by Crippen LogP contribution is -2.60. The molecule has 0 bridgehead atoms. The Morgan fingerprint density at radius 2 is 1.36 bits per heavy atom. The number of methoxy groups -OCH3 is 2. The number of nitrogens with zero attached hydrogens (tertiary/aromatic N) is 3. The smallest absolute Gasteiger partial charge is 0.410 e. The van der Waals surface area contributed by atoms with Crippen LogP contribution in [0.1, 0.15) is 134 Å². The van der Waals surface area contributed by atoms with E-state index in [2.05, 4.69) is 15.4 Å². The summed E-state index contributed by atoms with van der Waals surface area (Å²) in [4.78, 5) is 101. The molecule has 74 heavy (non-hydrogen) atoms. The number of likely N-dealkylation sites (N-methyl/N-ethyl adjacent to an activating group) is 2. The average Bonchev–Trinajstić information content (AvgIpc) is 4.06. The minimum Gasteiger partial charge on any atom is -0.482 e. The lowest BCUT2D eigenvalue weighted by atomic mass is 9.89. The zero-order valence-electron chi connectivity index (χ0n) is 47.1. The molecule has 3 N–H and O–H groups in total. The largest absolute Gasteiger partial charge is 0.482 e. The van der Waals surface area contributed by atoms with Crippen LogP contribution < -0.4 is 20.1 Å². The Morgan fingerprint density at radius 3 is 1.86 bits per heavy atom. The third kappa shape index (κ3) is 18.4. The van der Waals surface area contributed by atoms with Crippen LogP contribution in [0.4, 0.5) is 4.79 Å². The Balaban J connectivity index is 1.82. The highest BCUT2D eigenvalue weighted by Gasteiger charge is 2.45. The van der Waals surface area contributed by atoms with Crippen molar-refractivity contribution < 1.29 is 65.7 Å². The Morgan fingerprint density at radius 1 is 0.770 bits per heavy atom. The van der Waals surface area contributed by atoms with Gasteiger partial charge in [-0.3, -0.25) is 33.6 Å². The van der Waals surface area contributed by atoms with E-state index in [1.807, 2.05) is 27.7 Å². The number of benzene rings is 1. The number of ether oxygens (including phenoxy) is 5. The highest BCUT2D eigenvalue weighted by atomic mass is 32.2. The number of carbonyl (C=O) groups is 7. The second-order valence-electron chi connectivity index (χ2n) is 22.6. The molecule has 20 nitrogen and oxygen atoms in total. The van der Waals surface area contributed by atoms with Crippen LogP contribution in [0.25, 0.3) is 0 Å². The standard InChI is InChI=1S/C53H88N6O14S/c1-18-33(6)45(57(14)50(65)43(31(2)3)55-49(64)44(32(4)5)58(15)51(66)73-53(11,12)13)40(69-16)29-41(60)59-27-19-20-39(59)46(70-17)34(7)47(62)54-38(48(63)56-74(67,68)37-25-26-37)28-35-21-23-36(24-22-35)71-30-42(61)72-52(8,9)10/h21-24,31-34,37-40,43-46H,18-20,25-30H2,1-17H3,(H,54,62)(H,55,64)(H,56,63)/t33-,34+,38-,39-,40+,43-,44-,45-,46+/m0/s1. The van der Waals surface area contributed by atoms with Crippen molar-refractivity contribution >= 4 is 51.6 Å². The fraction of sp³-hybridized carbons (Fsp3) is 0.755. The molecule has 1 saturated heterocycles. The summed E-state index contributed by atoms with van der Waals surface area (Å²) in [7, 11) is 2.07. The van der Waals surface area contributed by atoms with Crippen LogP contribution in [-0.2, 0) is 64.2 Å². The molecule has 9 atom stereocenters. The lowest BCUT2D eigenvalue weighted by Gasteiger charge is -2.41. The van der Waals surface area contributed by atoms with Crippen molar-refractivity contribution in [1.29, 1.82) is 0 Å². The zero-order valence-corrected chi connectivity index (χ0v) is 47.9. The number of likely N-dealkylation sites (tertiary alicyclic amines) is 1. The van der Waals surface area contributed by atoms with Crippen molar-refractivity contribution in [3.8, 4) is 5.75 Å². The van der Waals surface area contributed by atoms with Gasteiger partial charge in [0.25, 0.3) is 5.91 Å². The van der Waals surface area contributed by atoms with Gasteiger partial charge in [-0.15, -0.1) is 0 Å². The van der Waals surface area contributed by atoms with Crippen LogP contribution in [0.15, 0.2) is 24.3 Å². The van der Waals surface area contributed by atoms with E-state index in [9.17, 15) is 42.0 Å². The normalized spacial score (nSPS) is 18.5. The van der Waals surface area contributed by atoms with Crippen LogP contribution in [0.5, 0.6) is 5.75 Å². The van der Waals surface area contributed by atoms with Crippen LogP contribution in [0.2, 0.25) is 0 Å². The van der Waals surface area contributed by atoms with E-state index in [1.165, 1.54) is 26.2 Å². The van der Waals surface area contributed by atoms with Crippen LogP contribution in [0.3, 0.4) is 0 Å². The van der Waals surface area contributed by atoms with Gasteiger partial charge in [-0.25, -0.2) is 18.0 Å². The maximum absolute atomic E-state index is 14.6. The van der Waals surface area contributed by atoms with E-state index in [-0.39, 0.29) is 43.1 Å². The quantitative estimate of drug-likeness (QED) is 0.104. The molecule has 1 saturated carbocycles. The molecule has 1 aliphatic heterocycles. The summed E-state index contributed by atoms with van der Waals surface area (Å²) in [5.74, 6) is -4.72. The van der Waals surface area contributed by atoms with E-state index < -0.39 is 111 Å². The molecule has 1 aliphatic carbocycles. The van der Waals surface area contributed by atoms with Gasteiger partial charge in [0.2, 0.25) is 33.7 Å². The number of hydrogen-bond acceptors (Lipinski definition) is 14. The highest BCUT2D eigenvalue weighted by Crippen LogP contribution is 2.31. The maximum atomic E-state index is 14.6. The number of rotatable bonds is 26. The lowest BCUT2D eigenvalue weighted by molar-refractivity contribution is -0.157. The van der Waals surface area contributed by atoms with Gasteiger partial charge in [-0.2, -0.15) is 0 Å². The van der Waals surface area contributed by atoms with E-state index in [4.69, 9.17) is 23.7 Å². The third-order valence-electron chi connectivity index (χ3n) is 13.5. The SMILES string of the molecule is CC[C@H](C)[C@@H]([C@@H](CC(=O)N1CCC[C@H]1[C@H](OC)[C@@H](C)C(=O)N[C@@H](Cc1ccc(OCC(=O)OC(C)(C)C)cc1)C(=O)NS(=O)(=O)C1CC1)OC)N(C)C(=O)[C@@H](NC(=O)[C@H](C(C)C)N(C)C(=O)OC(C)(C)C)C(C)C. The summed E-state index contributed by atoms with van der Waals surface area (Å²) in [6.45, 7) is 23.3. The molecule has 0 unspecified atom stereocenters. The Labute approximate surface area is 440 Å². The number of nitrogens with one attached hydrogen (secondary N) is 3. The fourth-order valence-electron chi connectivity index (χ4n) is 9.31. The molecule has 420 valence electrons. The monoisotopic (exact) mass is 1060 g/mol. The first-order valence-corrected chi connectivity index (χ1v) is 27.5. The molecule has 3 rings (SSSR count). The third-order valence-corrected chi connectivity index (χ3v) is 15.3. The molecular formula is C53H88N6O14S. The summed E-state index contributed by atoms with van der Waals surface area (Å²) in [5.41, 5.74) is -0.919. The molecule has 2 aliphatic rings. The van der Waals surface area contributed by atoms with E-state index >= 15 is 0 Å². The number of sulfonamides is 1. The van der Waals surface area contributed by atoms with Crippen LogP contribution >= 0.6 is 0 Å². The van der Waals surface area contributed by atoms with Gasteiger partial charge in [0.1, 0.15) is 35.1 Å². The maximum Gasteiger partial charge on any atom is 0.410 e. The summed E-state index contributed by atoms with van der Waals surface area (Å²) < 4.78 is 56.5. The first-order valence-electron chi connectivity index (χ1n) is 25.9. The van der Waals surface area contributed by atoms with Gasteiger partial charge in [0.05, 0.1) is 41.9 Å². The summed E-state index contributed by atoms with van der Waals surface area (Å²) in [6, 6.07) is 1.99. The zero-order chi connectivity index (χ0) is 56.2. The number of carbonyl (C=O) groups excluding carboxylic acids is 7. The van der Waals surface area contributed by atoms with Crippen molar-refractivity contribution in [2.45, 2.75) is 194 Å². The summed E-state index contributed by atoms with van der Waals surface area (Å²) in [6.07, 6.45) is 0.0133. The average molecular weight is 1070 g/mol. The first-order chi connectivity index (χ1) is 34.3. The predicted molar refractivity (Wildman–Crippen MR) is 279 cm³/mol. The first kappa shape index (κ1) is 63.3. The Hall–Kier alpha value is -5.02. The van der Waals surface area contributed by atoms with Gasteiger partial charge in [0.15, 0.2) is 6.61 Å². The van der Waals surface area contributed by atoms with Crippen LogP contribution in [0, 0.1) is 23.7 Å². The van der Waals surface area contributed by atoms with Gasteiger partial charge >= 0.3 is 12.1 Å². The molecule has 1 heterocycles. The topological polar surface area (TPSA) is 246 Å². The van der Waals surface area contributed by atoms with E-state index in [0.717, 1.165) is 0 Å². The predicted octanol–water partition coefficient (Wildman–Crippen LogP) is 5.00. The number of amides is 6. The second-order valence-corrected chi connectivity index (χ2v) is 24.6. The van der Waals surface area contributed by atoms with Crippen LogP contribution in [-0.4, -0.2) is 165 Å². The molecule has 2 fully saturated rings. The molecule has 0 spiro atoms. The number of esters is 1. The number of hydrogen-bond donors (Lipinski definition) is 3. The van der Waals surface area contributed by atoms with Crippen molar-refractivity contribution in [3.05, 3.63) is 29.8 Å². The van der Waals surface area contributed by atoms with Gasteiger partial charge in [-0.05, 0) is 103 Å². The Bertz CT molecular complexity index is 2190. The summed E-state index contributed by atoms with van der Waals surface area (Å²) in [5, 5.41) is 5.00. The molecule has 21 heteroatoms. The molecule has 0 aromatic heterocycles. The van der Waals surface area contributed by atoms with E-state index in [1.54, 1.807) is 103 Å². The molecule has 0 radical (unpaired) electrons. The molecule has 1 aromatic carbocycles. The fourth-order valence-corrected chi connectivity index (χ4v) is 10.7. The summed E-state index contributed by atoms with van der Waals surface area (Å²) >= 11 is 0. The Kier molecular flexibility index (Phi) is 23.2. The highest BCUT2D eigenvalue weighted by molar-refractivity contribution is 7.90. The molecule has 1 aromatic rings. The minimum absolute atomic E-state index is 0.0938. The van der Waals surface area contributed by atoms with Crippen molar-refractivity contribution in [1.82, 2.24) is 30.1 Å². The van der Waals surface area contributed by atoms with Crippen molar-refractivity contribution in [2.24, 2.45) is 23.7 Å². The van der Waals surface area contributed by atoms with E-state index in [0.29, 0.717) is 50.0 Å². The van der Waals surface area contributed by atoms with Crippen molar-refractivity contribution in [3.63, 3.8) is 0 Å².